The molecular weight excluding hydrogens is 671 g/mol. The van der Waals surface area contributed by atoms with Gasteiger partial charge in [-0.05, 0) is 58.8 Å². The number of sulfone groups is 1. The lowest BCUT2D eigenvalue weighted by Crippen LogP contribution is -2.39. The average molecular weight is 690 g/mol. The molecule has 0 saturated heterocycles. The molecule has 2 rings (SSSR count). The minimum atomic E-state index is -4.92. The highest BCUT2D eigenvalue weighted by Crippen LogP contribution is 2.41. The number of benzene rings is 2. The zero-order chi connectivity index (χ0) is 29.2. The first-order valence-corrected chi connectivity index (χ1v) is 14.2. The normalized spacial score (nSPS) is 14.8. The van der Waals surface area contributed by atoms with Gasteiger partial charge in [0.1, 0.15) is 11.6 Å². The molecule has 0 aliphatic carbocycles. The van der Waals surface area contributed by atoms with Crippen LogP contribution in [0.2, 0.25) is 15.1 Å². The number of allylic oxidation sites excluding steroid dienone is 1. The van der Waals surface area contributed by atoms with Crippen molar-refractivity contribution in [2.24, 2.45) is 0 Å². The molecule has 1 N–H and O–H groups in total. The molecule has 4 nitrogen and oxygen atoms in total. The average Bonchev–Trinajstić information content (AvgIpc) is 2.71. The van der Waals surface area contributed by atoms with Crippen molar-refractivity contribution in [1.82, 2.24) is 5.32 Å². The van der Waals surface area contributed by atoms with E-state index in [9.17, 15) is 35.2 Å². The van der Waals surface area contributed by atoms with E-state index in [0.29, 0.717) is 13.0 Å². The Bertz CT molecular complexity index is 1320. The summed E-state index contributed by atoms with van der Waals surface area (Å²) in [6.45, 7) is 1.79. The van der Waals surface area contributed by atoms with Crippen molar-refractivity contribution in [3.8, 4) is 0 Å². The van der Waals surface area contributed by atoms with E-state index in [2.05, 4.69) is 21.2 Å². The van der Waals surface area contributed by atoms with Gasteiger partial charge in [0.05, 0.1) is 32.3 Å². The Morgan fingerprint density at radius 1 is 1.08 bits per heavy atom. The largest absolute Gasteiger partial charge is 0.402 e. The van der Waals surface area contributed by atoms with Crippen LogP contribution in [0, 0.1) is 0 Å². The number of carbonyl (C=O) groups excluding carboxylic acids is 1. The zero-order valence-electron chi connectivity index (χ0n) is 19.4. The summed E-state index contributed by atoms with van der Waals surface area (Å²) < 4.78 is 104. The fourth-order valence-corrected chi connectivity index (χ4v) is 6.05. The Kier molecular flexibility index (Phi) is 10.7. The summed E-state index contributed by atoms with van der Waals surface area (Å²) in [6.07, 6.45) is -4.27. The number of carbonyl (C=O) groups is 1. The Morgan fingerprint density at radius 3 is 2.11 bits per heavy atom. The molecule has 2 aromatic carbocycles. The van der Waals surface area contributed by atoms with Crippen molar-refractivity contribution in [3.63, 3.8) is 0 Å². The van der Waals surface area contributed by atoms with Gasteiger partial charge in [0, 0.05) is 23.0 Å². The maximum atomic E-state index is 15.1. The molecule has 0 aliphatic rings. The fourth-order valence-electron chi connectivity index (χ4n) is 3.41. The highest BCUT2D eigenvalue weighted by Gasteiger charge is 2.36. The van der Waals surface area contributed by atoms with Gasteiger partial charge in [0.25, 0.3) is 11.8 Å². The van der Waals surface area contributed by atoms with Crippen molar-refractivity contribution < 1.29 is 39.6 Å². The van der Waals surface area contributed by atoms with E-state index in [1.807, 2.05) is 0 Å². The third kappa shape index (κ3) is 9.32. The third-order valence-corrected chi connectivity index (χ3v) is 8.61. The van der Waals surface area contributed by atoms with Crippen LogP contribution in [-0.4, -0.2) is 44.0 Å². The minimum absolute atomic E-state index is 0.0128. The van der Waals surface area contributed by atoms with Crippen LogP contribution < -0.4 is 5.32 Å². The van der Waals surface area contributed by atoms with E-state index in [0.717, 1.165) is 30.3 Å². The molecule has 0 radical (unpaired) electrons. The van der Waals surface area contributed by atoms with Crippen LogP contribution in [0.3, 0.4) is 0 Å². The number of hydrogen-bond acceptors (Lipinski definition) is 3. The third-order valence-electron chi connectivity index (χ3n) is 4.98. The zero-order valence-corrected chi connectivity index (χ0v) is 24.1. The molecule has 0 bridgehead atoms. The quantitative estimate of drug-likeness (QED) is 0.213. The first-order chi connectivity index (χ1) is 17.2. The predicted molar refractivity (Wildman–Crippen MR) is 140 cm³/mol. The van der Waals surface area contributed by atoms with Gasteiger partial charge >= 0.3 is 6.18 Å². The van der Waals surface area contributed by atoms with E-state index in [4.69, 9.17) is 34.8 Å². The summed E-state index contributed by atoms with van der Waals surface area (Å²) in [7, 11) is -4.54. The maximum Gasteiger partial charge on any atom is 0.402 e. The smallest absolute Gasteiger partial charge is 0.349 e. The minimum Gasteiger partial charge on any atom is -0.349 e. The van der Waals surface area contributed by atoms with Crippen LogP contribution >= 0.6 is 50.7 Å². The first-order valence-electron chi connectivity index (χ1n) is 10.5. The number of halogens is 10. The Morgan fingerprint density at radius 2 is 1.63 bits per heavy atom. The maximum absolute atomic E-state index is 15.1. The molecule has 0 fully saturated rings. The summed E-state index contributed by atoms with van der Waals surface area (Å²) in [5.41, 5.74) is -0.388. The van der Waals surface area contributed by atoms with Gasteiger partial charge in [0.15, 0.2) is 9.84 Å². The predicted octanol–water partition coefficient (Wildman–Crippen LogP) is 8.25. The van der Waals surface area contributed by atoms with Gasteiger partial charge in [-0.25, -0.2) is 21.6 Å². The number of amides is 1. The lowest BCUT2D eigenvalue weighted by molar-refractivity contribution is -0.106. The van der Waals surface area contributed by atoms with E-state index < -0.39 is 57.1 Å². The second kappa shape index (κ2) is 12.4. The molecule has 1 amide bonds. The van der Waals surface area contributed by atoms with Crippen LogP contribution in [0.15, 0.2) is 40.9 Å². The molecule has 0 spiro atoms. The van der Waals surface area contributed by atoms with Gasteiger partial charge in [-0.3, -0.25) is 4.79 Å². The molecule has 210 valence electrons. The lowest BCUT2D eigenvalue weighted by atomic mass is 9.92. The van der Waals surface area contributed by atoms with Gasteiger partial charge in [-0.2, -0.15) is 13.2 Å². The molecule has 0 heterocycles. The highest BCUT2D eigenvalue weighted by molar-refractivity contribution is 9.10. The molecule has 0 aromatic heterocycles. The van der Waals surface area contributed by atoms with Gasteiger partial charge in [-0.15, -0.1) is 0 Å². The molecule has 0 saturated carbocycles. The summed E-state index contributed by atoms with van der Waals surface area (Å²) in [5.74, 6) is -10.2. The van der Waals surface area contributed by atoms with Crippen molar-refractivity contribution in [3.05, 3.63) is 72.6 Å². The van der Waals surface area contributed by atoms with Crippen molar-refractivity contribution >= 4 is 72.3 Å². The summed E-state index contributed by atoms with van der Waals surface area (Å²) in [6, 6.07) is 4.47. The molecular formula is C23H19BrCl3F6NO3S. The monoisotopic (exact) mass is 687 g/mol. The summed E-state index contributed by atoms with van der Waals surface area (Å²) in [5, 5.41) is 2.00. The topological polar surface area (TPSA) is 63.2 Å². The van der Waals surface area contributed by atoms with E-state index in [1.165, 1.54) is 6.92 Å². The highest BCUT2D eigenvalue weighted by atomic mass is 79.9. The molecule has 1 unspecified atom stereocenters. The number of alkyl halides is 5. The van der Waals surface area contributed by atoms with Crippen molar-refractivity contribution in [2.45, 2.75) is 37.9 Å². The van der Waals surface area contributed by atoms with Crippen LogP contribution in [-0.2, 0) is 9.84 Å². The van der Waals surface area contributed by atoms with Crippen LogP contribution in [0.25, 0.3) is 5.83 Å². The second-order valence-electron chi connectivity index (χ2n) is 8.49. The number of hydrogen-bond donors (Lipinski definition) is 1. The first kappa shape index (κ1) is 32.7. The Hall–Kier alpha value is -1.47. The van der Waals surface area contributed by atoms with Gasteiger partial charge < -0.3 is 5.32 Å². The molecule has 38 heavy (non-hydrogen) atoms. The Labute approximate surface area is 238 Å². The Balaban J connectivity index is 2.28. The lowest BCUT2D eigenvalue weighted by Gasteiger charge is -2.22. The summed E-state index contributed by atoms with van der Waals surface area (Å²) >= 11 is 20.8. The second-order valence-corrected chi connectivity index (χ2v) is 12.6. The van der Waals surface area contributed by atoms with Crippen LogP contribution in [0.5, 0.6) is 0 Å². The van der Waals surface area contributed by atoms with E-state index >= 15 is 4.39 Å². The molecule has 15 heteroatoms. The summed E-state index contributed by atoms with van der Waals surface area (Å²) in [4.78, 5) is 12.5. The standard InChI is InChI=1S/C23H19BrCl3F6NO3S/c1-11(9-38(36,37)10-23(31,32)33)34-21(35)14-4-3-12(5-16(14)24)19(28)8-15(22(2,29)30)13-6-17(25)20(27)18(26)7-13/h3-8,11,15H,9-10H2,1-2H3,(H,34,35)/b19-8-/t11-,15?/m1/s1. The fraction of sp³-hybridized carbons (Fsp3) is 0.348. The number of nitrogens with one attached hydrogen (secondary N) is 1. The molecule has 0 aliphatic heterocycles. The van der Waals surface area contributed by atoms with E-state index in [1.54, 1.807) is 0 Å². The SMILES string of the molecule is C[C@H](CS(=O)(=O)CC(F)(F)F)NC(=O)c1ccc(/C(F)=C/C(c2cc(Cl)c(Cl)c(Cl)c2)C(C)(F)F)cc1Br. The van der Waals surface area contributed by atoms with Gasteiger partial charge in [-0.1, -0.05) is 40.9 Å². The van der Waals surface area contributed by atoms with Crippen LogP contribution in [0.1, 0.15) is 41.3 Å². The number of rotatable bonds is 9. The van der Waals surface area contributed by atoms with Crippen molar-refractivity contribution in [1.29, 1.82) is 0 Å². The molecule has 2 aromatic rings. The van der Waals surface area contributed by atoms with E-state index in [-0.39, 0.29) is 36.2 Å². The van der Waals surface area contributed by atoms with Crippen molar-refractivity contribution in [2.75, 3.05) is 11.5 Å². The van der Waals surface area contributed by atoms with Crippen LogP contribution in [0.4, 0.5) is 26.3 Å². The van der Waals surface area contributed by atoms with Gasteiger partial charge in [0.2, 0.25) is 0 Å². The molecule has 2 atom stereocenters.